The van der Waals surface area contributed by atoms with Crippen LogP contribution in [0.2, 0.25) is 5.02 Å². The molecule has 0 bridgehead atoms. The maximum atomic E-state index is 6.20. The summed E-state index contributed by atoms with van der Waals surface area (Å²) in [5.41, 5.74) is 1.19. The van der Waals surface area contributed by atoms with Gasteiger partial charge in [0.1, 0.15) is 5.82 Å². The highest BCUT2D eigenvalue weighted by Gasteiger charge is 2.14. The highest BCUT2D eigenvalue weighted by Crippen LogP contribution is 2.24. The van der Waals surface area contributed by atoms with Gasteiger partial charge in [0.2, 0.25) is 0 Å². The molecular formula is C14H17ClIN3. The van der Waals surface area contributed by atoms with Crippen LogP contribution in [0.5, 0.6) is 0 Å². The quantitative estimate of drug-likeness (QED) is 0.791. The van der Waals surface area contributed by atoms with E-state index in [-0.39, 0.29) is 6.04 Å². The number of benzene rings is 1. The van der Waals surface area contributed by atoms with Gasteiger partial charge >= 0.3 is 0 Å². The Balaban J connectivity index is 2.22. The number of rotatable bonds is 5. The van der Waals surface area contributed by atoms with E-state index in [4.69, 9.17) is 11.6 Å². The van der Waals surface area contributed by atoms with Crippen molar-refractivity contribution in [3.63, 3.8) is 0 Å². The zero-order chi connectivity index (χ0) is 13.8. The largest absolute Gasteiger partial charge is 0.335 e. The summed E-state index contributed by atoms with van der Waals surface area (Å²) in [6.07, 6.45) is 4.73. The number of imidazole rings is 1. The first kappa shape index (κ1) is 14.8. The van der Waals surface area contributed by atoms with Gasteiger partial charge in [0.15, 0.2) is 0 Å². The molecule has 3 nitrogen and oxygen atoms in total. The molecule has 1 unspecified atom stereocenters. The number of halogens is 2. The van der Waals surface area contributed by atoms with Gasteiger partial charge in [-0.2, -0.15) is 0 Å². The van der Waals surface area contributed by atoms with Gasteiger partial charge in [0.25, 0.3) is 0 Å². The van der Waals surface area contributed by atoms with Crippen LogP contribution in [0.1, 0.15) is 24.4 Å². The number of nitrogens with one attached hydrogen (secondary N) is 1. The molecule has 1 heterocycles. The molecule has 2 aromatic rings. The molecule has 0 spiro atoms. The van der Waals surface area contributed by atoms with Crippen LogP contribution >= 0.6 is 34.2 Å². The molecule has 1 N–H and O–H groups in total. The first-order valence-electron chi connectivity index (χ1n) is 6.28. The highest BCUT2D eigenvalue weighted by molar-refractivity contribution is 14.1. The fourth-order valence-electron chi connectivity index (χ4n) is 2.12. The van der Waals surface area contributed by atoms with E-state index in [1.54, 1.807) is 0 Å². The summed E-state index contributed by atoms with van der Waals surface area (Å²) in [5, 5.41) is 4.14. The van der Waals surface area contributed by atoms with Crippen molar-refractivity contribution in [2.45, 2.75) is 25.9 Å². The molecule has 5 heteroatoms. The summed E-state index contributed by atoms with van der Waals surface area (Å²) >= 11 is 8.44. The third-order valence-corrected chi connectivity index (χ3v) is 4.80. The molecule has 19 heavy (non-hydrogen) atoms. The Morgan fingerprint density at radius 1 is 1.47 bits per heavy atom. The highest BCUT2D eigenvalue weighted by atomic mass is 127. The van der Waals surface area contributed by atoms with Crippen molar-refractivity contribution in [3.8, 4) is 0 Å². The van der Waals surface area contributed by atoms with E-state index >= 15 is 0 Å². The third kappa shape index (κ3) is 3.49. The second-order valence-electron chi connectivity index (χ2n) is 4.35. The van der Waals surface area contributed by atoms with Crippen molar-refractivity contribution < 1.29 is 0 Å². The molecular weight excluding hydrogens is 373 g/mol. The molecule has 0 saturated heterocycles. The van der Waals surface area contributed by atoms with E-state index in [0.717, 1.165) is 27.4 Å². The van der Waals surface area contributed by atoms with Gasteiger partial charge in [0.05, 0.1) is 5.02 Å². The van der Waals surface area contributed by atoms with Gasteiger partial charge in [0, 0.05) is 35.0 Å². The summed E-state index contributed by atoms with van der Waals surface area (Å²) in [6, 6.07) is 6.43. The minimum Gasteiger partial charge on any atom is -0.335 e. The number of aryl methyl sites for hydroxylation is 1. The van der Waals surface area contributed by atoms with Gasteiger partial charge in [-0.1, -0.05) is 17.7 Å². The second-order valence-corrected chi connectivity index (χ2v) is 5.92. The van der Waals surface area contributed by atoms with E-state index in [0.29, 0.717) is 0 Å². The summed E-state index contributed by atoms with van der Waals surface area (Å²) in [6.45, 7) is 3.07. The van der Waals surface area contributed by atoms with E-state index in [9.17, 15) is 0 Å². The molecule has 102 valence electrons. The summed E-state index contributed by atoms with van der Waals surface area (Å²) in [5.74, 6) is 1.09. The minimum absolute atomic E-state index is 0.224. The maximum absolute atomic E-state index is 6.20. The van der Waals surface area contributed by atoms with Crippen molar-refractivity contribution in [3.05, 3.63) is 50.6 Å². The molecule has 0 fully saturated rings. The molecule has 0 radical (unpaired) electrons. The van der Waals surface area contributed by atoms with Crippen molar-refractivity contribution >= 4 is 34.2 Å². The lowest BCUT2D eigenvalue weighted by Gasteiger charge is -2.17. The lowest BCUT2D eigenvalue weighted by molar-refractivity contribution is 0.553. The Kier molecular flexibility index (Phi) is 5.24. The molecule has 1 aromatic carbocycles. The Hall–Kier alpha value is -0.590. The number of hydrogen-bond donors (Lipinski definition) is 1. The smallest absolute Gasteiger partial charge is 0.110 e. The molecule has 0 aliphatic rings. The lowest BCUT2D eigenvalue weighted by Crippen LogP contribution is -2.20. The fourth-order valence-corrected chi connectivity index (χ4v) is 2.64. The summed E-state index contributed by atoms with van der Waals surface area (Å²) < 4.78 is 3.24. The molecule has 0 amide bonds. The van der Waals surface area contributed by atoms with Crippen LogP contribution in [0.3, 0.4) is 0 Å². The predicted octanol–water partition coefficient (Wildman–Crippen LogP) is 3.66. The Morgan fingerprint density at radius 2 is 2.26 bits per heavy atom. The molecule has 0 aliphatic carbocycles. The normalized spacial score (nSPS) is 12.6. The fraction of sp³-hybridized carbons (Fsp3) is 0.357. The predicted molar refractivity (Wildman–Crippen MR) is 87.6 cm³/mol. The standard InChI is InChI=1S/C14H17ClIN3/c1-3-19-7-6-18-14(19)9-13(17-2)10-4-5-12(16)11(15)8-10/h4-8,13,17H,3,9H2,1-2H3. The molecule has 1 atom stereocenters. The van der Waals surface area contributed by atoms with Gasteiger partial charge < -0.3 is 9.88 Å². The van der Waals surface area contributed by atoms with Gasteiger partial charge in [-0.25, -0.2) is 4.98 Å². The Labute approximate surface area is 132 Å². The average molecular weight is 390 g/mol. The van der Waals surface area contributed by atoms with Crippen LogP contribution in [0, 0.1) is 3.57 Å². The lowest BCUT2D eigenvalue weighted by atomic mass is 10.0. The first-order valence-corrected chi connectivity index (χ1v) is 7.73. The molecule has 2 rings (SSSR count). The van der Waals surface area contributed by atoms with Crippen molar-refractivity contribution in [2.24, 2.45) is 0 Å². The number of likely N-dealkylation sites (N-methyl/N-ethyl adjacent to an activating group) is 1. The monoisotopic (exact) mass is 389 g/mol. The van der Waals surface area contributed by atoms with Gasteiger partial charge in [-0.15, -0.1) is 0 Å². The summed E-state index contributed by atoms with van der Waals surface area (Å²) in [7, 11) is 1.97. The molecule has 0 saturated carbocycles. The van der Waals surface area contributed by atoms with Crippen LogP contribution in [0.25, 0.3) is 0 Å². The number of hydrogen-bond acceptors (Lipinski definition) is 2. The SMILES string of the molecule is CCn1ccnc1CC(NC)c1ccc(I)c(Cl)c1. The van der Waals surface area contributed by atoms with E-state index in [1.165, 1.54) is 5.56 Å². The Morgan fingerprint density at radius 3 is 2.89 bits per heavy atom. The van der Waals surface area contributed by atoms with Crippen LogP contribution in [0.4, 0.5) is 0 Å². The molecule has 0 aliphatic heterocycles. The van der Waals surface area contributed by atoms with Gasteiger partial charge in [-0.05, 0) is 54.3 Å². The van der Waals surface area contributed by atoms with Crippen molar-refractivity contribution in [2.75, 3.05) is 7.05 Å². The van der Waals surface area contributed by atoms with E-state index < -0.39 is 0 Å². The van der Waals surface area contributed by atoms with Crippen LogP contribution < -0.4 is 5.32 Å². The average Bonchev–Trinajstić information content (AvgIpc) is 2.86. The number of nitrogens with zero attached hydrogens (tertiary/aromatic N) is 2. The van der Waals surface area contributed by atoms with Crippen LogP contribution in [-0.2, 0) is 13.0 Å². The van der Waals surface area contributed by atoms with Crippen LogP contribution in [-0.4, -0.2) is 16.6 Å². The van der Waals surface area contributed by atoms with E-state index in [2.05, 4.69) is 56.5 Å². The Bertz CT molecular complexity index is 553. The van der Waals surface area contributed by atoms with Crippen molar-refractivity contribution in [1.82, 2.24) is 14.9 Å². The second kappa shape index (κ2) is 6.72. The zero-order valence-electron chi connectivity index (χ0n) is 11.0. The zero-order valence-corrected chi connectivity index (χ0v) is 13.9. The topological polar surface area (TPSA) is 29.9 Å². The van der Waals surface area contributed by atoms with Gasteiger partial charge in [-0.3, -0.25) is 0 Å². The maximum Gasteiger partial charge on any atom is 0.110 e. The van der Waals surface area contributed by atoms with E-state index in [1.807, 2.05) is 25.5 Å². The number of aromatic nitrogens is 2. The van der Waals surface area contributed by atoms with Crippen molar-refractivity contribution in [1.29, 1.82) is 0 Å². The summed E-state index contributed by atoms with van der Waals surface area (Å²) in [4.78, 5) is 4.43. The first-order chi connectivity index (χ1) is 9.15. The molecule has 1 aromatic heterocycles. The van der Waals surface area contributed by atoms with Crippen LogP contribution in [0.15, 0.2) is 30.6 Å². The minimum atomic E-state index is 0.224. The third-order valence-electron chi connectivity index (χ3n) is 3.22.